The zero-order valence-electron chi connectivity index (χ0n) is 26.4. The number of anilines is 1. The molecule has 1 saturated heterocycles. The van der Waals surface area contributed by atoms with E-state index >= 15 is 0 Å². The van der Waals surface area contributed by atoms with E-state index in [1.54, 1.807) is 18.2 Å². The van der Waals surface area contributed by atoms with Gasteiger partial charge in [-0.3, -0.25) is 4.79 Å². The van der Waals surface area contributed by atoms with Crippen LogP contribution >= 0.6 is 11.6 Å². The van der Waals surface area contributed by atoms with E-state index in [0.29, 0.717) is 38.5 Å². The first-order valence-corrected chi connectivity index (χ1v) is 18.5. The second-order valence-corrected chi connectivity index (χ2v) is 16.0. The van der Waals surface area contributed by atoms with Gasteiger partial charge in [0.15, 0.2) is 0 Å². The number of ether oxygens (including phenoxy) is 2. The fraction of sp³-hybridized carbons (Fsp3) is 0.571. The predicted molar refractivity (Wildman–Crippen MR) is 178 cm³/mol. The molecule has 5 aliphatic rings. The smallest absolute Gasteiger partial charge is 0.304 e. The summed E-state index contributed by atoms with van der Waals surface area (Å²) in [4.78, 5) is 16.0. The number of hydrogen-bond donors (Lipinski definition) is 2. The number of aliphatic hydroxyl groups is 1. The van der Waals surface area contributed by atoms with Crippen molar-refractivity contribution in [1.82, 2.24) is 9.03 Å². The van der Waals surface area contributed by atoms with Crippen molar-refractivity contribution in [3.8, 4) is 5.75 Å². The van der Waals surface area contributed by atoms with Gasteiger partial charge in [0.05, 0.1) is 24.5 Å². The van der Waals surface area contributed by atoms with Crippen molar-refractivity contribution in [3.05, 3.63) is 70.3 Å². The average Bonchev–Trinajstić information content (AvgIpc) is 3.47. The van der Waals surface area contributed by atoms with Crippen LogP contribution in [0.25, 0.3) is 0 Å². The highest BCUT2D eigenvalue weighted by molar-refractivity contribution is 7.87. The van der Waals surface area contributed by atoms with Gasteiger partial charge < -0.3 is 19.5 Å². The Labute approximate surface area is 277 Å². The quantitative estimate of drug-likeness (QED) is 0.433. The Balaban J connectivity index is 1.27. The van der Waals surface area contributed by atoms with Crippen LogP contribution in [-0.4, -0.2) is 74.8 Å². The highest BCUT2D eigenvalue weighted by atomic mass is 35.5. The summed E-state index contributed by atoms with van der Waals surface area (Å²) >= 11 is 6.41. The van der Waals surface area contributed by atoms with Gasteiger partial charge in [0.1, 0.15) is 5.75 Å². The Bertz CT molecular complexity index is 1610. The van der Waals surface area contributed by atoms with Crippen molar-refractivity contribution >= 4 is 33.4 Å². The normalized spacial score (nSPS) is 33.6. The molecule has 2 N–H and O–H groups in total. The molecule has 1 amide bonds. The number of fused-ring (bicyclic) bond motifs is 4. The molecule has 248 valence electrons. The Morgan fingerprint density at radius 2 is 2.00 bits per heavy atom. The van der Waals surface area contributed by atoms with E-state index in [0.717, 1.165) is 55.7 Å². The molecule has 2 aromatic carbocycles. The standard InChI is InChI=1S/C35H44ClN3O6S/c1-23-5-2-8-32(40)29-12-9-26(29)19-38-21-35(15-3-6-24-17-27(36)11-13-30(24)35)22-45-33-14-10-25(18-31(33)38)34(41)37-46(42,43)39(23)20-28-7-4-16-44-28/h2,8,10-11,13-14,17-18,23,26,28-29,32,40H,3-7,9,12,15-16,19-22H2,1H3,(H,37,41)/b8-2+/t23-,26+,28-,29-,32?,35+/m1/s1. The molecule has 6 atom stereocenters. The minimum atomic E-state index is -4.21. The second kappa shape index (κ2) is 12.8. The number of carbonyl (C=O) groups excluding carboxylic acids is 1. The molecule has 7 rings (SSSR count). The number of benzene rings is 2. The summed E-state index contributed by atoms with van der Waals surface area (Å²) in [6.07, 6.45) is 9.79. The third-order valence-electron chi connectivity index (χ3n) is 10.9. The minimum Gasteiger partial charge on any atom is -0.490 e. The van der Waals surface area contributed by atoms with Gasteiger partial charge in [0.25, 0.3) is 5.91 Å². The summed E-state index contributed by atoms with van der Waals surface area (Å²) in [5, 5.41) is 12.0. The van der Waals surface area contributed by atoms with Gasteiger partial charge in [0.2, 0.25) is 0 Å². The second-order valence-electron chi connectivity index (χ2n) is 13.9. The number of rotatable bonds is 2. The molecule has 2 aliphatic carbocycles. The zero-order valence-corrected chi connectivity index (χ0v) is 27.9. The number of carbonyl (C=O) groups is 1. The van der Waals surface area contributed by atoms with E-state index in [1.807, 2.05) is 25.1 Å². The van der Waals surface area contributed by atoms with E-state index in [9.17, 15) is 18.3 Å². The van der Waals surface area contributed by atoms with Gasteiger partial charge in [0, 0.05) is 48.3 Å². The van der Waals surface area contributed by atoms with Crippen molar-refractivity contribution < 1.29 is 27.8 Å². The maximum atomic E-state index is 13.8. The summed E-state index contributed by atoms with van der Waals surface area (Å²) in [7, 11) is -4.21. The lowest BCUT2D eigenvalue weighted by Crippen LogP contribution is -2.50. The molecule has 46 heavy (non-hydrogen) atoms. The Kier molecular flexibility index (Phi) is 8.86. The van der Waals surface area contributed by atoms with Crippen molar-refractivity contribution in [1.29, 1.82) is 0 Å². The highest BCUT2D eigenvalue weighted by Crippen LogP contribution is 2.46. The molecule has 0 aromatic heterocycles. The molecular weight excluding hydrogens is 626 g/mol. The maximum Gasteiger partial charge on any atom is 0.304 e. The monoisotopic (exact) mass is 669 g/mol. The fourth-order valence-corrected chi connectivity index (χ4v) is 9.81. The lowest BCUT2D eigenvalue weighted by atomic mass is 9.68. The number of halogens is 1. The number of nitrogens with zero attached hydrogens (tertiary/aromatic N) is 2. The third kappa shape index (κ3) is 6.19. The molecule has 2 bridgehead atoms. The number of aliphatic hydroxyl groups excluding tert-OH is 1. The summed E-state index contributed by atoms with van der Waals surface area (Å²) in [5.41, 5.74) is 3.25. The van der Waals surface area contributed by atoms with Crippen LogP contribution in [0.5, 0.6) is 5.75 Å². The average molecular weight is 670 g/mol. The molecule has 2 aromatic rings. The van der Waals surface area contributed by atoms with Gasteiger partial charge in [-0.25, -0.2) is 4.72 Å². The van der Waals surface area contributed by atoms with Crippen LogP contribution in [0, 0.1) is 11.8 Å². The van der Waals surface area contributed by atoms with Crippen LogP contribution in [0.2, 0.25) is 5.02 Å². The van der Waals surface area contributed by atoms with Crippen molar-refractivity contribution in [2.75, 3.05) is 37.7 Å². The van der Waals surface area contributed by atoms with E-state index in [4.69, 9.17) is 21.1 Å². The molecular formula is C35H44ClN3O6S. The van der Waals surface area contributed by atoms with Crippen LogP contribution in [0.3, 0.4) is 0 Å². The lowest BCUT2D eigenvalue weighted by Gasteiger charge is -2.45. The van der Waals surface area contributed by atoms with E-state index < -0.39 is 28.3 Å². The number of nitrogens with one attached hydrogen (secondary N) is 1. The van der Waals surface area contributed by atoms with Gasteiger partial charge in [-0.1, -0.05) is 29.8 Å². The van der Waals surface area contributed by atoms with E-state index in [1.165, 1.54) is 15.4 Å². The molecule has 3 aliphatic heterocycles. The summed E-state index contributed by atoms with van der Waals surface area (Å²) in [6, 6.07) is 10.9. The van der Waals surface area contributed by atoms with Gasteiger partial charge in [-0.2, -0.15) is 12.7 Å². The lowest BCUT2D eigenvalue weighted by molar-refractivity contribution is 0.0455. The molecule has 1 unspecified atom stereocenters. The van der Waals surface area contributed by atoms with Crippen molar-refractivity contribution in [2.45, 2.75) is 82.0 Å². The number of amides is 1. The zero-order chi connectivity index (χ0) is 32.1. The topological polar surface area (TPSA) is 108 Å². The maximum absolute atomic E-state index is 13.8. The van der Waals surface area contributed by atoms with Crippen LogP contribution in [0.15, 0.2) is 48.6 Å². The predicted octanol–water partition coefficient (Wildman–Crippen LogP) is 5.00. The molecule has 2 fully saturated rings. The van der Waals surface area contributed by atoms with Crippen LogP contribution in [-0.2, 0) is 26.8 Å². The molecule has 9 nitrogen and oxygen atoms in total. The molecule has 1 saturated carbocycles. The van der Waals surface area contributed by atoms with Crippen molar-refractivity contribution in [2.24, 2.45) is 11.8 Å². The third-order valence-corrected chi connectivity index (χ3v) is 12.7. The first-order valence-electron chi connectivity index (χ1n) is 16.7. The molecule has 11 heteroatoms. The van der Waals surface area contributed by atoms with Gasteiger partial charge in [-0.15, -0.1) is 0 Å². The van der Waals surface area contributed by atoms with Crippen LogP contribution < -0.4 is 14.4 Å². The van der Waals surface area contributed by atoms with Gasteiger partial charge in [-0.05, 0) is 112 Å². The SMILES string of the molecule is C[C@@H]1C/C=C/C(O)[C@@H]2CC[C@H]2CN2C[C@@]3(CCCc4cc(Cl)ccc43)COc3ccc(cc32)C(=O)NS(=O)(=O)N1C[C@H]1CCCO1. The molecule has 3 heterocycles. The molecule has 0 radical (unpaired) electrons. The largest absolute Gasteiger partial charge is 0.490 e. The van der Waals surface area contributed by atoms with Crippen LogP contribution in [0.4, 0.5) is 5.69 Å². The number of hydrogen-bond acceptors (Lipinski definition) is 7. The first-order chi connectivity index (χ1) is 22.1. The summed E-state index contributed by atoms with van der Waals surface area (Å²) < 4.78 is 43.6. The minimum absolute atomic E-state index is 0.0960. The van der Waals surface area contributed by atoms with E-state index in [2.05, 4.69) is 21.8 Å². The number of aryl methyl sites for hydroxylation is 1. The Morgan fingerprint density at radius 1 is 1.13 bits per heavy atom. The van der Waals surface area contributed by atoms with Crippen LogP contribution in [0.1, 0.15) is 73.4 Å². The van der Waals surface area contributed by atoms with Crippen molar-refractivity contribution in [3.63, 3.8) is 0 Å². The van der Waals surface area contributed by atoms with E-state index in [-0.39, 0.29) is 35.5 Å². The molecule has 1 spiro atoms. The fourth-order valence-electron chi connectivity index (χ4n) is 8.22. The summed E-state index contributed by atoms with van der Waals surface area (Å²) in [6.45, 7) is 4.45. The first kappa shape index (κ1) is 31.9. The Morgan fingerprint density at radius 3 is 2.78 bits per heavy atom. The highest BCUT2D eigenvalue weighted by Gasteiger charge is 2.44. The Hall–Kier alpha value is -2.63. The van der Waals surface area contributed by atoms with Gasteiger partial charge >= 0.3 is 10.2 Å². The summed E-state index contributed by atoms with van der Waals surface area (Å²) in [5.74, 6) is 0.348.